The lowest BCUT2D eigenvalue weighted by Crippen LogP contribution is -2.49. The molecule has 0 saturated carbocycles. The summed E-state index contributed by atoms with van der Waals surface area (Å²) in [6.07, 6.45) is 5.81. The molecule has 1 N–H and O–H groups in total. The van der Waals surface area contributed by atoms with E-state index in [2.05, 4.69) is 33.6 Å². The molecule has 3 heterocycles. The average molecular weight is 406 g/mol. The van der Waals surface area contributed by atoms with Gasteiger partial charge in [0.15, 0.2) is 0 Å². The second-order valence-corrected chi connectivity index (χ2v) is 8.31. The Morgan fingerprint density at radius 3 is 2.83 bits per heavy atom. The third-order valence-electron chi connectivity index (χ3n) is 5.80. The third kappa shape index (κ3) is 6.27. The van der Waals surface area contributed by atoms with Gasteiger partial charge in [0.05, 0.1) is 19.1 Å². The highest BCUT2D eigenvalue weighted by Crippen LogP contribution is 2.18. The van der Waals surface area contributed by atoms with Crippen LogP contribution in [0.5, 0.6) is 0 Å². The maximum atomic E-state index is 12.6. The Morgan fingerprint density at radius 2 is 2.07 bits per heavy atom. The van der Waals surface area contributed by atoms with E-state index in [1.807, 2.05) is 17.3 Å². The van der Waals surface area contributed by atoms with E-state index in [4.69, 9.17) is 4.74 Å². The summed E-state index contributed by atoms with van der Waals surface area (Å²) in [7, 11) is 0. The standard InChI is InChI=1S/C21H35N5O3/c1-17(2)20-22-7-9-25(20)8-3-6-23-21(28)18-4-5-19(27)26(16-18)11-10-24-12-14-29-15-13-24/h7,9,17-18H,3-6,8,10-16H2,1-2H3,(H,23,28)/t18-/m0/s1. The van der Waals surface area contributed by atoms with Crippen LogP contribution >= 0.6 is 0 Å². The van der Waals surface area contributed by atoms with Gasteiger partial charge in [0.1, 0.15) is 5.82 Å². The molecule has 0 bridgehead atoms. The molecule has 2 aliphatic heterocycles. The van der Waals surface area contributed by atoms with Crippen LogP contribution < -0.4 is 5.32 Å². The summed E-state index contributed by atoms with van der Waals surface area (Å²) in [5, 5.41) is 3.07. The van der Waals surface area contributed by atoms with Crippen LogP contribution in [0.1, 0.15) is 44.9 Å². The van der Waals surface area contributed by atoms with Crippen molar-refractivity contribution in [2.45, 2.75) is 45.6 Å². The van der Waals surface area contributed by atoms with E-state index >= 15 is 0 Å². The lowest BCUT2D eigenvalue weighted by molar-refractivity contribution is -0.138. The van der Waals surface area contributed by atoms with Crippen molar-refractivity contribution < 1.29 is 14.3 Å². The van der Waals surface area contributed by atoms with Crippen molar-refractivity contribution in [2.75, 3.05) is 52.5 Å². The minimum Gasteiger partial charge on any atom is -0.379 e. The molecular formula is C21H35N5O3. The predicted octanol–water partition coefficient (Wildman–Crippen LogP) is 1.08. The fourth-order valence-corrected chi connectivity index (χ4v) is 4.05. The molecule has 1 atom stereocenters. The van der Waals surface area contributed by atoms with E-state index in [1.54, 1.807) is 0 Å². The molecule has 29 heavy (non-hydrogen) atoms. The van der Waals surface area contributed by atoms with Gasteiger partial charge < -0.3 is 19.5 Å². The number of morpholine rings is 1. The summed E-state index contributed by atoms with van der Waals surface area (Å²) in [5.41, 5.74) is 0. The van der Waals surface area contributed by atoms with Gasteiger partial charge in [-0.1, -0.05) is 13.8 Å². The number of hydrogen-bond acceptors (Lipinski definition) is 5. The minimum atomic E-state index is -0.100. The van der Waals surface area contributed by atoms with E-state index in [1.165, 1.54) is 0 Å². The van der Waals surface area contributed by atoms with Crippen LogP contribution in [0.2, 0.25) is 0 Å². The number of hydrogen-bond donors (Lipinski definition) is 1. The van der Waals surface area contributed by atoms with Crippen LogP contribution in [0.15, 0.2) is 12.4 Å². The molecule has 2 aliphatic rings. The van der Waals surface area contributed by atoms with Crippen LogP contribution in [0, 0.1) is 5.92 Å². The van der Waals surface area contributed by atoms with Crippen LogP contribution in [-0.2, 0) is 20.9 Å². The highest BCUT2D eigenvalue weighted by Gasteiger charge is 2.30. The Bertz CT molecular complexity index is 669. The summed E-state index contributed by atoms with van der Waals surface area (Å²) in [6.45, 7) is 11.2. The van der Waals surface area contributed by atoms with E-state index in [9.17, 15) is 9.59 Å². The number of aryl methyl sites for hydroxylation is 1. The van der Waals surface area contributed by atoms with Gasteiger partial charge in [0.25, 0.3) is 0 Å². The number of imidazole rings is 1. The monoisotopic (exact) mass is 405 g/mol. The Morgan fingerprint density at radius 1 is 1.28 bits per heavy atom. The Kier molecular flexibility index (Phi) is 8.06. The van der Waals surface area contributed by atoms with Gasteiger partial charge in [-0.25, -0.2) is 4.98 Å². The lowest BCUT2D eigenvalue weighted by Gasteiger charge is -2.34. The number of likely N-dealkylation sites (tertiary alicyclic amines) is 1. The van der Waals surface area contributed by atoms with Crippen molar-refractivity contribution in [3.8, 4) is 0 Å². The van der Waals surface area contributed by atoms with Crippen molar-refractivity contribution in [3.63, 3.8) is 0 Å². The highest BCUT2D eigenvalue weighted by atomic mass is 16.5. The zero-order chi connectivity index (χ0) is 20.6. The van der Waals surface area contributed by atoms with Crippen LogP contribution in [0.25, 0.3) is 0 Å². The molecule has 3 rings (SSSR count). The van der Waals surface area contributed by atoms with Gasteiger partial charge in [-0.3, -0.25) is 14.5 Å². The molecule has 2 fully saturated rings. The highest BCUT2D eigenvalue weighted by molar-refractivity contribution is 5.83. The first-order chi connectivity index (χ1) is 14.0. The summed E-state index contributed by atoms with van der Waals surface area (Å²) in [4.78, 5) is 33.4. The maximum Gasteiger partial charge on any atom is 0.224 e. The summed E-state index contributed by atoms with van der Waals surface area (Å²) in [5.74, 6) is 1.62. The van der Waals surface area contributed by atoms with Crippen molar-refractivity contribution >= 4 is 11.8 Å². The van der Waals surface area contributed by atoms with Gasteiger partial charge >= 0.3 is 0 Å². The Hall–Kier alpha value is -1.93. The molecule has 162 valence electrons. The first-order valence-corrected chi connectivity index (χ1v) is 10.9. The van der Waals surface area contributed by atoms with Crippen molar-refractivity contribution in [2.24, 2.45) is 5.92 Å². The number of rotatable bonds is 9. The molecular weight excluding hydrogens is 370 g/mol. The van der Waals surface area contributed by atoms with E-state index in [0.717, 1.165) is 51.6 Å². The van der Waals surface area contributed by atoms with Crippen LogP contribution in [0.4, 0.5) is 0 Å². The Labute approximate surface area is 173 Å². The molecule has 0 spiro atoms. The largest absolute Gasteiger partial charge is 0.379 e. The Balaban J connectivity index is 1.38. The first-order valence-electron chi connectivity index (χ1n) is 10.9. The number of carbonyl (C=O) groups excluding carboxylic acids is 2. The van der Waals surface area contributed by atoms with E-state index < -0.39 is 0 Å². The molecule has 0 aliphatic carbocycles. The molecule has 1 aromatic heterocycles. The molecule has 1 aromatic rings. The first kappa shape index (κ1) is 21.8. The quantitative estimate of drug-likeness (QED) is 0.622. The summed E-state index contributed by atoms with van der Waals surface area (Å²) < 4.78 is 7.53. The smallest absolute Gasteiger partial charge is 0.224 e. The third-order valence-corrected chi connectivity index (χ3v) is 5.80. The molecule has 0 aromatic carbocycles. The summed E-state index contributed by atoms with van der Waals surface area (Å²) >= 11 is 0. The summed E-state index contributed by atoms with van der Waals surface area (Å²) in [6, 6.07) is 0. The van der Waals surface area contributed by atoms with Crippen molar-refractivity contribution in [1.82, 2.24) is 24.7 Å². The normalized spacial score (nSPS) is 21.0. The minimum absolute atomic E-state index is 0.0728. The number of amides is 2. The second-order valence-electron chi connectivity index (χ2n) is 8.31. The van der Waals surface area contributed by atoms with Crippen LogP contribution in [0.3, 0.4) is 0 Å². The van der Waals surface area contributed by atoms with Crippen LogP contribution in [-0.4, -0.2) is 83.6 Å². The number of aromatic nitrogens is 2. The zero-order valence-electron chi connectivity index (χ0n) is 17.8. The number of carbonyl (C=O) groups is 2. The van der Waals surface area contributed by atoms with E-state index in [-0.39, 0.29) is 17.7 Å². The average Bonchev–Trinajstić information content (AvgIpc) is 3.20. The molecule has 8 nitrogen and oxygen atoms in total. The van der Waals surface area contributed by atoms with Gasteiger partial charge in [0, 0.05) is 70.5 Å². The molecule has 8 heteroatoms. The fourth-order valence-electron chi connectivity index (χ4n) is 4.05. The molecule has 0 unspecified atom stereocenters. The zero-order valence-corrected chi connectivity index (χ0v) is 17.8. The SMILES string of the molecule is CC(C)c1nccn1CCCNC(=O)[C@H]1CCC(=O)N(CCN2CCOCC2)C1. The molecule has 2 amide bonds. The van der Waals surface area contributed by atoms with Crippen molar-refractivity contribution in [1.29, 1.82) is 0 Å². The lowest BCUT2D eigenvalue weighted by atomic mass is 9.96. The topological polar surface area (TPSA) is 79.7 Å². The molecule has 2 saturated heterocycles. The number of nitrogens with one attached hydrogen (secondary N) is 1. The molecule has 0 radical (unpaired) electrons. The fraction of sp³-hybridized carbons (Fsp3) is 0.762. The van der Waals surface area contributed by atoms with Gasteiger partial charge in [0.2, 0.25) is 11.8 Å². The van der Waals surface area contributed by atoms with Crippen molar-refractivity contribution in [3.05, 3.63) is 18.2 Å². The number of piperidine rings is 1. The second kappa shape index (κ2) is 10.7. The van der Waals surface area contributed by atoms with Gasteiger partial charge in [-0.2, -0.15) is 0 Å². The van der Waals surface area contributed by atoms with Gasteiger partial charge in [-0.15, -0.1) is 0 Å². The predicted molar refractivity (Wildman–Crippen MR) is 111 cm³/mol. The maximum absolute atomic E-state index is 12.6. The van der Waals surface area contributed by atoms with E-state index in [0.29, 0.717) is 38.4 Å². The van der Waals surface area contributed by atoms with Gasteiger partial charge in [-0.05, 0) is 12.8 Å². The number of nitrogens with zero attached hydrogens (tertiary/aromatic N) is 4. The number of ether oxygens (including phenoxy) is 1.